The van der Waals surface area contributed by atoms with Gasteiger partial charge in [-0.3, -0.25) is 5.73 Å². The Hall–Kier alpha value is -2.46. The quantitative estimate of drug-likeness (QED) is 0.740. The number of carbonyl (C=O) groups is 1. The van der Waals surface area contributed by atoms with Gasteiger partial charge in [0.05, 0.1) is 13.2 Å². The molecule has 2 aliphatic rings. The van der Waals surface area contributed by atoms with E-state index in [9.17, 15) is 4.79 Å². The zero-order valence-corrected chi connectivity index (χ0v) is 16.9. The molecular formula is C18H19ClN6O2S. The van der Waals surface area contributed by atoms with Crippen LogP contribution < -0.4 is 16.3 Å². The molecule has 1 aromatic carbocycles. The van der Waals surface area contributed by atoms with Crippen molar-refractivity contribution >= 4 is 45.5 Å². The first-order chi connectivity index (χ1) is 13.5. The fourth-order valence-corrected chi connectivity index (χ4v) is 4.07. The zero-order valence-electron chi connectivity index (χ0n) is 15.3. The summed E-state index contributed by atoms with van der Waals surface area (Å²) in [4.78, 5) is 17.5. The molecule has 0 fully saturated rings. The summed E-state index contributed by atoms with van der Waals surface area (Å²) in [6, 6.07) is 8.95. The van der Waals surface area contributed by atoms with Crippen LogP contribution in [0, 0.1) is 0 Å². The number of amidine groups is 1. The van der Waals surface area contributed by atoms with Gasteiger partial charge in [0.1, 0.15) is 10.7 Å². The summed E-state index contributed by atoms with van der Waals surface area (Å²) in [7, 11) is 0. The number of hydrogen-bond donors (Lipinski definition) is 2. The lowest BCUT2D eigenvalue weighted by Gasteiger charge is -2.24. The monoisotopic (exact) mass is 418 g/mol. The number of aliphatic imine (C=N–C) groups is 1. The van der Waals surface area contributed by atoms with Crippen molar-refractivity contribution < 1.29 is 9.53 Å². The fraction of sp³-hybridized carbons (Fsp3) is 0.278. The third-order valence-electron chi connectivity index (χ3n) is 4.40. The molecule has 146 valence electrons. The van der Waals surface area contributed by atoms with Crippen molar-refractivity contribution in [2.24, 2.45) is 15.8 Å². The van der Waals surface area contributed by atoms with Gasteiger partial charge in [-0.15, -0.1) is 22.0 Å². The largest absolute Gasteiger partial charge is 0.463 e. The number of nitrogens with two attached hydrogens (primary N) is 1. The highest BCUT2D eigenvalue weighted by Gasteiger charge is 2.47. The maximum absolute atomic E-state index is 12.8. The van der Waals surface area contributed by atoms with Crippen LogP contribution in [0.2, 0.25) is 5.02 Å². The Morgan fingerprint density at radius 3 is 2.75 bits per heavy atom. The number of benzene rings is 1. The van der Waals surface area contributed by atoms with Gasteiger partial charge in [0.25, 0.3) is 0 Å². The van der Waals surface area contributed by atoms with Crippen LogP contribution in [0.4, 0.5) is 5.00 Å². The minimum Gasteiger partial charge on any atom is -0.463 e. The molecule has 0 bridgehead atoms. The Labute approximate surface area is 171 Å². The van der Waals surface area contributed by atoms with E-state index in [0.717, 1.165) is 10.6 Å². The minimum absolute atomic E-state index is 0.204. The molecule has 1 atom stereocenters. The van der Waals surface area contributed by atoms with Gasteiger partial charge < -0.3 is 4.74 Å². The Morgan fingerprint density at radius 2 is 2.07 bits per heavy atom. The lowest BCUT2D eigenvalue weighted by atomic mass is 10.0. The van der Waals surface area contributed by atoms with E-state index in [-0.39, 0.29) is 6.61 Å². The summed E-state index contributed by atoms with van der Waals surface area (Å²) >= 11 is 7.48. The average Bonchev–Trinajstić information content (AvgIpc) is 3.32. The molecule has 3 N–H and O–H groups in total. The Bertz CT molecular complexity index is 973. The number of hydrazine groups is 2. The van der Waals surface area contributed by atoms with E-state index in [1.54, 1.807) is 35.2 Å². The third kappa shape index (κ3) is 2.96. The zero-order chi connectivity index (χ0) is 19.9. The van der Waals surface area contributed by atoms with Crippen LogP contribution in [0.5, 0.6) is 0 Å². The molecule has 0 amide bonds. The van der Waals surface area contributed by atoms with E-state index in [1.807, 2.05) is 24.4 Å². The van der Waals surface area contributed by atoms with E-state index in [2.05, 4.69) is 10.6 Å². The average molecular weight is 419 g/mol. The number of nitrogens with one attached hydrogen (secondary N) is 1. The van der Waals surface area contributed by atoms with Crippen molar-refractivity contribution in [1.82, 2.24) is 10.7 Å². The summed E-state index contributed by atoms with van der Waals surface area (Å²) in [5.41, 5.74) is 9.85. The molecular weight excluding hydrogens is 400 g/mol. The van der Waals surface area contributed by atoms with Crippen molar-refractivity contribution in [3.05, 3.63) is 51.9 Å². The van der Waals surface area contributed by atoms with Gasteiger partial charge in [0.2, 0.25) is 5.66 Å². The van der Waals surface area contributed by atoms with Gasteiger partial charge in [-0.2, -0.15) is 0 Å². The van der Waals surface area contributed by atoms with Gasteiger partial charge in [-0.25, -0.2) is 19.9 Å². The molecule has 8 nitrogen and oxygen atoms in total. The summed E-state index contributed by atoms with van der Waals surface area (Å²) in [6.45, 7) is 4.55. The number of esters is 1. The second-order valence-electron chi connectivity index (χ2n) is 6.17. The minimum atomic E-state index is -1.69. The number of carbonyl (C=O) groups excluding carboxylic acids is 1. The number of rotatable bonds is 4. The van der Waals surface area contributed by atoms with E-state index >= 15 is 0 Å². The van der Waals surface area contributed by atoms with Crippen LogP contribution in [-0.4, -0.2) is 35.8 Å². The highest BCUT2D eigenvalue weighted by Crippen LogP contribution is 2.40. The summed E-state index contributed by atoms with van der Waals surface area (Å²) in [5, 5.41) is 11.3. The third-order valence-corrected chi connectivity index (χ3v) is 5.55. The van der Waals surface area contributed by atoms with Gasteiger partial charge in [0.15, 0.2) is 5.84 Å². The van der Waals surface area contributed by atoms with Crippen molar-refractivity contribution in [3.63, 3.8) is 0 Å². The number of halogens is 1. The molecule has 0 spiro atoms. The number of hydrazone groups is 1. The maximum atomic E-state index is 12.8. The topological polar surface area (TPSA) is 95.5 Å². The molecule has 0 saturated carbocycles. The molecule has 4 rings (SSSR count). The number of anilines is 1. The second-order valence-corrected chi connectivity index (χ2v) is 7.50. The van der Waals surface area contributed by atoms with Crippen LogP contribution in [-0.2, 0) is 15.2 Å². The highest BCUT2D eigenvalue weighted by molar-refractivity contribution is 7.14. The van der Waals surface area contributed by atoms with Crippen molar-refractivity contribution in [2.75, 3.05) is 18.2 Å². The number of thiophene rings is 1. The van der Waals surface area contributed by atoms with Crippen molar-refractivity contribution in [2.45, 2.75) is 19.5 Å². The summed E-state index contributed by atoms with van der Waals surface area (Å²) in [5.74, 6) is -0.0697. The van der Waals surface area contributed by atoms with Crippen molar-refractivity contribution in [1.29, 1.82) is 0 Å². The van der Waals surface area contributed by atoms with Gasteiger partial charge in [-0.1, -0.05) is 23.7 Å². The molecule has 28 heavy (non-hydrogen) atoms. The normalized spacial score (nSPS) is 20.9. The number of hydrogen-bond acceptors (Lipinski definition) is 9. The Balaban J connectivity index is 1.96. The predicted molar refractivity (Wildman–Crippen MR) is 110 cm³/mol. The van der Waals surface area contributed by atoms with Crippen LogP contribution >= 0.6 is 22.9 Å². The summed E-state index contributed by atoms with van der Waals surface area (Å²) in [6.07, 6.45) is 0. The molecule has 3 heterocycles. The Morgan fingerprint density at radius 1 is 1.32 bits per heavy atom. The van der Waals surface area contributed by atoms with E-state index in [0.29, 0.717) is 28.7 Å². The molecule has 0 aliphatic carbocycles. The first kappa shape index (κ1) is 18.9. The smallest absolute Gasteiger partial charge is 0.353 e. The SMILES string of the molecule is CCOC(=O)C1(N)N=C(c2ccc(Cl)cc2)C2=NN(CC)NN2c2sccc21. The molecule has 1 aromatic heterocycles. The van der Waals surface area contributed by atoms with Crippen LogP contribution in [0.1, 0.15) is 25.0 Å². The first-order valence-electron chi connectivity index (χ1n) is 8.80. The van der Waals surface area contributed by atoms with E-state index in [1.165, 1.54) is 11.3 Å². The van der Waals surface area contributed by atoms with Crippen LogP contribution in [0.25, 0.3) is 0 Å². The summed E-state index contributed by atoms with van der Waals surface area (Å²) < 4.78 is 5.26. The molecule has 1 unspecified atom stereocenters. The number of ether oxygens (including phenoxy) is 1. The fourth-order valence-electron chi connectivity index (χ4n) is 3.03. The lowest BCUT2D eigenvalue weighted by Crippen LogP contribution is -2.45. The first-order valence-corrected chi connectivity index (χ1v) is 10.1. The van der Waals surface area contributed by atoms with Crippen LogP contribution in [0.15, 0.2) is 45.8 Å². The van der Waals surface area contributed by atoms with Gasteiger partial charge in [0, 0.05) is 16.1 Å². The van der Waals surface area contributed by atoms with Crippen molar-refractivity contribution in [3.8, 4) is 0 Å². The molecule has 0 radical (unpaired) electrons. The standard InChI is InChI=1S/C18H19ClN6O2S/c1-3-24-22-15-14(11-5-7-12(19)8-6-11)21-18(20,17(26)27-4-2)13-9-10-28-16(13)25(15)23-24/h5-10,23H,3-4,20H2,1-2H3. The number of fused-ring (bicyclic) bond motifs is 3. The molecule has 0 saturated heterocycles. The van der Waals surface area contributed by atoms with E-state index < -0.39 is 11.6 Å². The van der Waals surface area contributed by atoms with Gasteiger partial charge in [-0.05, 0) is 37.4 Å². The lowest BCUT2D eigenvalue weighted by molar-refractivity contribution is -0.149. The molecule has 2 aromatic rings. The predicted octanol–water partition coefficient (Wildman–Crippen LogP) is 2.45. The number of nitrogens with zero attached hydrogens (tertiary/aromatic N) is 4. The van der Waals surface area contributed by atoms with Crippen LogP contribution in [0.3, 0.4) is 0 Å². The Kier molecular flexibility index (Phi) is 4.84. The molecule has 10 heteroatoms. The second kappa shape index (κ2) is 7.17. The maximum Gasteiger partial charge on any atom is 0.353 e. The highest BCUT2D eigenvalue weighted by atomic mass is 35.5. The molecule has 2 aliphatic heterocycles. The van der Waals surface area contributed by atoms with Gasteiger partial charge >= 0.3 is 5.97 Å². The van der Waals surface area contributed by atoms with E-state index in [4.69, 9.17) is 27.1 Å².